The van der Waals surface area contributed by atoms with Gasteiger partial charge in [-0.3, -0.25) is 4.90 Å². The smallest absolute Gasteiger partial charge is 0.251 e. The van der Waals surface area contributed by atoms with E-state index in [9.17, 15) is 17.2 Å². The summed E-state index contributed by atoms with van der Waals surface area (Å²) < 4.78 is 63.6. The fraction of sp³-hybridized carbons (Fsp3) is 0.440. The summed E-state index contributed by atoms with van der Waals surface area (Å²) >= 11 is 0. The number of aromatic nitrogens is 2. The Morgan fingerprint density at radius 2 is 1.78 bits per heavy atom. The van der Waals surface area contributed by atoms with Crippen LogP contribution in [0.4, 0.5) is 20.4 Å². The van der Waals surface area contributed by atoms with Gasteiger partial charge in [0.05, 0.1) is 30.2 Å². The molecule has 0 bridgehead atoms. The monoisotopic (exact) mass is 533 g/mol. The molecule has 0 radical (unpaired) electrons. The molecule has 3 heterocycles. The topological polar surface area (TPSA) is 96.9 Å². The molecule has 2 aliphatic rings. The number of fused-ring (bicyclic) bond motifs is 1. The van der Waals surface area contributed by atoms with E-state index >= 15 is 0 Å². The second-order valence-electron chi connectivity index (χ2n) is 9.09. The number of anilines is 2. The lowest BCUT2D eigenvalue weighted by Crippen LogP contribution is -2.40. The van der Waals surface area contributed by atoms with Crippen LogP contribution in [0.3, 0.4) is 0 Å². The van der Waals surface area contributed by atoms with Crippen LogP contribution in [0.2, 0.25) is 0 Å². The zero-order valence-corrected chi connectivity index (χ0v) is 21.0. The third-order valence-corrected chi connectivity index (χ3v) is 8.42. The first kappa shape index (κ1) is 25.7. The molecule has 2 saturated heterocycles. The van der Waals surface area contributed by atoms with E-state index in [1.165, 1.54) is 4.31 Å². The van der Waals surface area contributed by atoms with E-state index in [1.54, 1.807) is 35.4 Å². The largest absolute Gasteiger partial charge is 0.490 e. The van der Waals surface area contributed by atoms with Crippen molar-refractivity contribution in [2.24, 2.45) is 0 Å². The molecule has 2 fully saturated rings. The van der Waals surface area contributed by atoms with Crippen molar-refractivity contribution >= 4 is 32.6 Å². The SMILES string of the molecule is O=S(=O)(c1ccc(Nc2ncc3ccc(OC4CCN(CC(F)F)CC4)cc3n2)cc1)N1CCOCC1. The highest BCUT2D eigenvalue weighted by molar-refractivity contribution is 7.89. The van der Waals surface area contributed by atoms with Crippen LogP contribution in [-0.4, -0.2) is 86.1 Å². The molecule has 0 atom stereocenters. The number of hydrogen-bond acceptors (Lipinski definition) is 8. The molecule has 1 aromatic heterocycles. The van der Waals surface area contributed by atoms with E-state index in [2.05, 4.69) is 15.3 Å². The van der Waals surface area contributed by atoms with Gasteiger partial charge in [-0.15, -0.1) is 0 Å². The number of morpholine rings is 1. The van der Waals surface area contributed by atoms with Gasteiger partial charge in [-0.1, -0.05) is 0 Å². The zero-order valence-electron chi connectivity index (χ0n) is 20.2. The van der Waals surface area contributed by atoms with Crippen LogP contribution in [0.1, 0.15) is 12.8 Å². The lowest BCUT2D eigenvalue weighted by Gasteiger charge is -2.31. The molecule has 198 valence electrons. The predicted molar refractivity (Wildman–Crippen MR) is 135 cm³/mol. The van der Waals surface area contributed by atoms with Crippen molar-refractivity contribution in [3.8, 4) is 5.75 Å². The van der Waals surface area contributed by atoms with Crippen molar-refractivity contribution in [2.45, 2.75) is 30.3 Å². The molecule has 12 heteroatoms. The Kier molecular flexibility index (Phi) is 7.79. The standard InChI is InChI=1S/C25H29F2N5O4S/c26-24(27)17-31-9-7-20(8-10-31)36-21-4-1-18-16-28-25(30-23(18)15-21)29-19-2-5-22(6-3-19)37(33,34)32-11-13-35-14-12-32/h1-6,15-16,20,24H,7-14,17H2,(H,28,29,30). The molecule has 2 aromatic carbocycles. The molecule has 0 unspecified atom stereocenters. The van der Waals surface area contributed by atoms with Gasteiger partial charge in [-0.25, -0.2) is 27.2 Å². The van der Waals surface area contributed by atoms with Crippen LogP contribution < -0.4 is 10.1 Å². The normalized spacial score (nSPS) is 18.4. The van der Waals surface area contributed by atoms with Gasteiger partial charge < -0.3 is 14.8 Å². The number of nitrogens with zero attached hydrogens (tertiary/aromatic N) is 4. The first-order chi connectivity index (χ1) is 17.9. The van der Waals surface area contributed by atoms with E-state index < -0.39 is 16.4 Å². The molecule has 9 nitrogen and oxygen atoms in total. The minimum absolute atomic E-state index is 0.0296. The Bertz CT molecular complexity index is 1310. The van der Waals surface area contributed by atoms with Gasteiger partial charge in [0.25, 0.3) is 6.43 Å². The quantitative estimate of drug-likeness (QED) is 0.470. The van der Waals surface area contributed by atoms with Gasteiger partial charge in [0, 0.05) is 49.5 Å². The number of hydrogen-bond donors (Lipinski definition) is 1. The lowest BCUT2D eigenvalue weighted by molar-refractivity contribution is 0.0479. The molecule has 5 rings (SSSR count). The molecule has 37 heavy (non-hydrogen) atoms. The lowest BCUT2D eigenvalue weighted by atomic mass is 10.1. The average Bonchev–Trinajstić information content (AvgIpc) is 2.90. The van der Waals surface area contributed by atoms with Crippen molar-refractivity contribution in [1.82, 2.24) is 19.2 Å². The summed E-state index contributed by atoms with van der Waals surface area (Å²) in [7, 11) is -3.56. The average molecular weight is 534 g/mol. The summed E-state index contributed by atoms with van der Waals surface area (Å²) in [6.45, 7) is 2.46. The Morgan fingerprint density at radius 1 is 1.05 bits per heavy atom. The van der Waals surface area contributed by atoms with Gasteiger partial charge >= 0.3 is 0 Å². The Hall–Kier alpha value is -2.93. The van der Waals surface area contributed by atoms with Crippen LogP contribution in [0.5, 0.6) is 5.75 Å². The highest BCUT2D eigenvalue weighted by Gasteiger charge is 2.26. The first-order valence-corrected chi connectivity index (χ1v) is 13.7. The number of benzene rings is 2. The molecular formula is C25H29F2N5O4S. The molecular weight excluding hydrogens is 504 g/mol. The van der Waals surface area contributed by atoms with Gasteiger partial charge in [-0.05, 0) is 49.2 Å². The molecule has 1 N–H and O–H groups in total. The maximum atomic E-state index is 12.8. The molecule has 2 aliphatic heterocycles. The predicted octanol–water partition coefficient (Wildman–Crippen LogP) is 3.50. The maximum Gasteiger partial charge on any atom is 0.251 e. The number of piperidine rings is 1. The minimum Gasteiger partial charge on any atom is -0.490 e. The number of likely N-dealkylation sites (tertiary alicyclic amines) is 1. The van der Waals surface area contributed by atoms with Gasteiger partial charge in [0.1, 0.15) is 11.9 Å². The van der Waals surface area contributed by atoms with E-state index in [1.807, 2.05) is 18.2 Å². The van der Waals surface area contributed by atoms with Gasteiger partial charge in [0.2, 0.25) is 16.0 Å². The first-order valence-electron chi connectivity index (χ1n) is 12.3. The second-order valence-corrected chi connectivity index (χ2v) is 11.0. The number of nitrogens with one attached hydrogen (secondary N) is 1. The van der Waals surface area contributed by atoms with Gasteiger partial charge in [0.15, 0.2) is 0 Å². The van der Waals surface area contributed by atoms with Crippen molar-refractivity contribution in [3.05, 3.63) is 48.7 Å². The summed E-state index contributed by atoms with van der Waals surface area (Å²) in [4.78, 5) is 10.9. The Labute approximate surface area is 214 Å². The van der Waals surface area contributed by atoms with Crippen LogP contribution >= 0.6 is 0 Å². The van der Waals surface area contributed by atoms with Gasteiger partial charge in [-0.2, -0.15) is 4.31 Å². The molecule has 0 spiro atoms. The van der Waals surface area contributed by atoms with E-state index in [4.69, 9.17) is 9.47 Å². The van der Waals surface area contributed by atoms with Crippen molar-refractivity contribution in [1.29, 1.82) is 0 Å². The fourth-order valence-electron chi connectivity index (χ4n) is 4.51. The summed E-state index contributed by atoms with van der Waals surface area (Å²) in [6, 6.07) is 12.1. The Morgan fingerprint density at radius 3 is 2.49 bits per heavy atom. The number of halogens is 2. The zero-order chi connectivity index (χ0) is 25.8. The minimum atomic E-state index is -3.56. The number of rotatable bonds is 8. The highest BCUT2D eigenvalue weighted by atomic mass is 32.2. The highest BCUT2D eigenvalue weighted by Crippen LogP contribution is 2.25. The van der Waals surface area contributed by atoms with Crippen LogP contribution in [0.25, 0.3) is 10.9 Å². The van der Waals surface area contributed by atoms with Crippen molar-refractivity contribution in [3.63, 3.8) is 0 Å². The number of alkyl halides is 2. The molecule has 0 aliphatic carbocycles. The van der Waals surface area contributed by atoms with Crippen LogP contribution in [-0.2, 0) is 14.8 Å². The Balaban J connectivity index is 1.23. The molecule has 3 aromatic rings. The van der Waals surface area contributed by atoms with Crippen molar-refractivity contribution < 1.29 is 26.7 Å². The van der Waals surface area contributed by atoms with Crippen LogP contribution in [0.15, 0.2) is 53.6 Å². The third kappa shape index (κ3) is 6.32. The summed E-state index contributed by atoms with van der Waals surface area (Å²) in [5, 5.41) is 3.96. The van der Waals surface area contributed by atoms with E-state index in [-0.39, 0.29) is 17.5 Å². The molecule has 0 amide bonds. The van der Waals surface area contributed by atoms with Crippen molar-refractivity contribution in [2.75, 3.05) is 51.3 Å². The van der Waals surface area contributed by atoms with E-state index in [0.29, 0.717) is 75.1 Å². The van der Waals surface area contributed by atoms with Crippen LogP contribution in [0, 0.1) is 0 Å². The summed E-state index contributed by atoms with van der Waals surface area (Å²) in [5.74, 6) is 1.04. The maximum absolute atomic E-state index is 12.8. The summed E-state index contributed by atoms with van der Waals surface area (Å²) in [6.07, 6.45) is 0.741. The van der Waals surface area contributed by atoms with E-state index in [0.717, 1.165) is 5.39 Å². The second kappa shape index (κ2) is 11.2. The number of ether oxygens (including phenoxy) is 2. The third-order valence-electron chi connectivity index (χ3n) is 6.51. The summed E-state index contributed by atoms with van der Waals surface area (Å²) in [5.41, 5.74) is 1.35. The fourth-order valence-corrected chi connectivity index (χ4v) is 5.92. The molecule has 0 saturated carbocycles. The number of sulfonamides is 1.